The van der Waals surface area contributed by atoms with Crippen molar-refractivity contribution in [3.63, 3.8) is 0 Å². The number of carbonyl (C=O) groups excluding carboxylic acids is 1. The molecule has 0 unspecified atom stereocenters. The highest BCUT2D eigenvalue weighted by atomic mass is 35.5. The maximum atomic E-state index is 12.5. The molecule has 25 heavy (non-hydrogen) atoms. The van der Waals surface area contributed by atoms with Gasteiger partial charge in [0.2, 0.25) is 5.91 Å². The Bertz CT molecular complexity index is 912. The molecule has 0 radical (unpaired) electrons. The number of hydrogen-bond acceptors (Lipinski definition) is 3. The molecule has 0 spiro atoms. The van der Waals surface area contributed by atoms with Crippen molar-refractivity contribution in [2.24, 2.45) is 0 Å². The van der Waals surface area contributed by atoms with Crippen LogP contribution in [0.4, 0.5) is 11.4 Å². The topological polar surface area (TPSA) is 66.5 Å². The van der Waals surface area contributed by atoms with Crippen molar-refractivity contribution in [1.82, 2.24) is 0 Å². The standard InChI is InChI=1S/C18H19ClN2O3S/c1-2-18(22)21-10-4-5-13-11-15(8-9-17(13)21)20-25(23,24)16-7-3-6-14(19)12-16/h3,6-9,11-12,20H,2,4-5,10H2,1H3. The van der Waals surface area contributed by atoms with Crippen molar-refractivity contribution in [1.29, 1.82) is 0 Å². The molecule has 1 heterocycles. The number of nitrogens with zero attached hydrogens (tertiary/aromatic N) is 1. The minimum absolute atomic E-state index is 0.0770. The van der Waals surface area contributed by atoms with Crippen LogP contribution in [0.15, 0.2) is 47.4 Å². The summed E-state index contributed by atoms with van der Waals surface area (Å²) < 4.78 is 27.6. The summed E-state index contributed by atoms with van der Waals surface area (Å²) in [4.78, 5) is 13.9. The van der Waals surface area contributed by atoms with Crippen LogP contribution < -0.4 is 9.62 Å². The number of aryl methyl sites for hydroxylation is 1. The molecule has 0 saturated heterocycles. The molecule has 2 aromatic carbocycles. The van der Waals surface area contributed by atoms with Gasteiger partial charge in [-0.2, -0.15) is 0 Å². The van der Waals surface area contributed by atoms with Gasteiger partial charge in [0, 0.05) is 29.4 Å². The van der Waals surface area contributed by atoms with E-state index < -0.39 is 10.0 Å². The second-order valence-electron chi connectivity index (χ2n) is 5.91. The number of fused-ring (bicyclic) bond motifs is 1. The van der Waals surface area contributed by atoms with Crippen molar-refractivity contribution >= 4 is 38.9 Å². The lowest BCUT2D eigenvalue weighted by Gasteiger charge is -2.29. The average molecular weight is 379 g/mol. The van der Waals surface area contributed by atoms with Gasteiger partial charge in [0.05, 0.1) is 4.90 Å². The number of nitrogens with one attached hydrogen (secondary N) is 1. The molecule has 0 aromatic heterocycles. The summed E-state index contributed by atoms with van der Waals surface area (Å²) in [6.07, 6.45) is 2.13. The van der Waals surface area contributed by atoms with Crippen LogP contribution in [0, 0.1) is 0 Å². The molecule has 1 aliphatic heterocycles. The lowest BCUT2D eigenvalue weighted by molar-refractivity contribution is -0.118. The van der Waals surface area contributed by atoms with Crippen LogP contribution in [0.2, 0.25) is 5.02 Å². The molecule has 0 saturated carbocycles. The Kier molecular flexibility index (Phi) is 5.01. The average Bonchev–Trinajstić information content (AvgIpc) is 2.60. The number of benzene rings is 2. The first-order chi connectivity index (χ1) is 11.9. The molecule has 1 amide bonds. The van der Waals surface area contributed by atoms with Gasteiger partial charge in [-0.3, -0.25) is 9.52 Å². The second-order valence-corrected chi connectivity index (χ2v) is 8.03. The molecule has 5 nitrogen and oxygen atoms in total. The van der Waals surface area contributed by atoms with E-state index in [2.05, 4.69) is 4.72 Å². The van der Waals surface area contributed by atoms with E-state index in [-0.39, 0.29) is 10.8 Å². The van der Waals surface area contributed by atoms with Gasteiger partial charge in [0.1, 0.15) is 0 Å². The zero-order valence-corrected chi connectivity index (χ0v) is 15.4. The molecule has 0 bridgehead atoms. The Hall–Kier alpha value is -2.05. The minimum atomic E-state index is -3.71. The lowest BCUT2D eigenvalue weighted by atomic mass is 10.0. The summed E-state index contributed by atoms with van der Waals surface area (Å²) in [5.41, 5.74) is 2.31. The highest BCUT2D eigenvalue weighted by molar-refractivity contribution is 7.92. The predicted octanol–water partition coefficient (Wildman–Crippen LogP) is 3.83. The van der Waals surface area contributed by atoms with Crippen molar-refractivity contribution in [2.45, 2.75) is 31.1 Å². The Morgan fingerprint density at radius 2 is 2.04 bits per heavy atom. The predicted molar refractivity (Wildman–Crippen MR) is 99.7 cm³/mol. The molecule has 0 aliphatic carbocycles. The van der Waals surface area contributed by atoms with Gasteiger partial charge in [-0.1, -0.05) is 24.6 Å². The molecule has 132 valence electrons. The van der Waals surface area contributed by atoms with Crippen LogP contribution in [-0.4, -0.2) is 20.9 Å². The summed E-state index contributed by atoms with van der Waals surface area (Å²) in [6.45, 7) is 2.54. The van der Waals surface area contributed by atoms with Crippen molar-refractivity contribution in [2.75, 3.05) is 16.2 Å². The van der Waals surface area contributed by atoms with E-state index in [1.807, 2.05) is 6.92 Å². The minimum Gasteiger partial charge on any atom is -0.312 e. The normalized spacial score (nSPS) is 14.1. The fraction of sp³-hybridized carbons (Fsp3) is 0.278. The molecule has 7 heteroatoms. The van der Waals surface area contributed by atoms with Gasteiger partial charge in [-0.15, -0.1) is 0 Å². The quantitative estimate of drug-likeness (QED) is 0.879. The van der Waals surface area contributed by atoms with Crippen LogP contribution in [0.5, 0.6) is 0 Å². The molecule has 1 N–H and O–H groups in total. The Morgan fingerprint density at radius 1 is 1.24 bits per heavy atom. The van der Waals surface area contributed by atoms with Crippen LogP contribution in [-0.2, 0) is 21.2 Å². The summed E-state index contributed by atoms with van der Waals surface area (Å²) in [5.74, 6) is 0.0770. The maximum absolute atomic E-state index is 12.5. The zero-order chi connectivity index (χ0) is 18.0. The van der Waals surface area contributed by atoms with Gasteiger partial charge < -0.3 is 4.90 Å². The fourth-order valence-corrected chi connectivity index (χ4v) is 4.31. The fourth-order valence-electron chi connectivity index (χ4n) is 2.96. The largest absolute Gasteiger partial charge is 0.312 e. The number of hydrogen-bond donors (Lipinski definition) is 1. The molecule has 1 aliphatic rings. The summed E-state index contributed by atoms with van der Waals surface area (Å²) in [6, 6.07) is 11.4. The van der Waals surface area contributed by atoms with Gasteiger partial charge in [-0.25, -0.2) is 8.42 Å². The summed E-state index contributed by atoms with van der Waals surface area (Å²) in [7, 11) is -3.71. The first kappa shape index (κ1) is 17.8. The smallest absolute Gasteiger partial charge is 0.261 e. The molecule has 2 aromatic rings. The van der Waals surface area contributed by atoms with Crippen LogP contribution in [0.1, 0.15) is 25.3 Å². The molecular formula is C18H19ClN2O3S. The number of amides is 1. The van der Waals surface area contributed by atoms with Crippen LogP contribution in [0.25, 0.3) is 0 Å². The number of rotatable bonds is 4. The van der Waals surface area contributed by atoms with Crippen molar-refractivity contribution in [3.8, 4) is 0 Å². The third-order valence-corrected chi connectivity index (χ3v) is 5.77. The Balaban J connectivity index is 1.89. The number of sulfonamides is 1. The Labute approximate surface area is 152 Å². The van der Waals surface area contributed by atoms with E-state index in [4.69, 9.17) is 11.6 Å². The third kappa shape index (κ3) is 3.80. The highest BCUT2D eigenvalue weighted by Gasteiger charge is 2.22. The summed E-state index contributed by atoms with van der Waals surface area (Å²) in [5, 5.41) is 0.363. The monoisotopic (exact) mass is 378 g/mol. The first-order valence-electron chi connectivity index (χ1n) is 8.12. The number of halogens is 1. The number of carbonyl (C=O) groups is 1. The first-order valence-corrected chi connectivity index (χ1v) is 9.98. The zero-order valence-electron chi connectivity index (χ0n) is 13.8. The van der Waals surface area contributed by atoms with Gasteiger partial charge in [0.25, 0.3) is 10.0 Å². The van der Waals surface area contributed by atoms with Gasteiger partial charge in [0.15, 0.2) is 0 Å². The van der Waals surface area contributed by atoms with E-state index in [0.29, 0.717) is 23.7 Å². The molecule has 3 rings (SSSR count). The van der Waals surface area contributed by atoms with Crippen LogP contribution in [0.3, 0.4) is 0 Å². The SMILES string of the molecule is CCC(=O)N1CCCc2cc(NS(=O)(=O)c3cccc(Cl)c3)ccc21. The third-order valence-electron chi connectivity index (χ3n) is 4.16. The molecule has 0 atom stereocenters. The van der Waals surface area contributed by atoms with Crippen molar-refractivity contribution < 1.29 is 13.2 Å². The van der Waals surface area contributed by atoms with E-state index >= 15 is 0 Å². The van der Waals surface area contributed by atoms with E-state index in [0.717, 1.165) is 24.1 Å². The van der Waals surface area contributed by atoms with Crippen molar-refractivity contribution in [3.05, 3.63) is 53.1 Å². The van der Waals surface area contributed by atoms with Gasteiger partial charge in [-0.05, 0) is 54.8 Å². The van der Waals surface area contributed by atoms with Crippen LogP contribution >= 0.6 is 11.6 Å². The van der Waals surface area contributed by atoms with E-state index in [9.17, 15) is 13.2 Å². The Morgan fingerprint density at radius 3 is 2.76 bits per heavy atom. The van der Waals surface area contributed by atoms with Gasteiger partial charge >= 0.3 is 0 Å². The summed E-state index contributed by atoms with van der Waals surface area (Å²) >= 11 is 5.88. The number of anilines is 2. The van der Waals surface area contributed by atoms with E-state index in [1.54, 1.807) is 35.2 Å². The molecular weight excluding hydrogens is 360 g/mol. The lowest BCUT2D eigenvalue weighted by Crippen LogP contribution is -2.34. The maximum Gasteiger partial charge on any atom is 0.261 e. The second kappa shape index (κ2) is 7.06. The highest BCUT2D eigenvalue weighted by Crippen LogP contribution is 2.31. The van der Waals surface area contributed by atoms with E-state index in [1.165, 1.54) is 12.1 Å². The molecule has 0 fully saturated rings.